The number of carbonyl (C=O) groups excluding carboxylic acids is 2. The van der Waals surface area contributed by atoms with Gasteiger partial charge >= 0.3 is 0 Å². The lowest BCUT2D eigenvalue weighted by Gasteiger charge is -2.11. The highest BCUT2D eigenvalue weighted by Crippen LogP contribution is 2.24. The number of aryl methyl sites for hydroxylation is 1. The normalized spacial score (nSPS) is 10.9. The molecule has 3 aromatic rings. The van der Waals surface area contributed by atoms with Crippen molar-refractivity contribution >= 4 is 34.0 Å². The van der Waals surface area contributed by atoms with Crippen molar-refractivity contribution in [3.8, 4) is 5.75 Å². The highest BCUT2D eigenvalue weighted by molar-refractivity contribution is 9.10. The van der Waals surface area contributed by atoms with Crippen molar-refractivity contribution in [3.63, 3.8) is 0 Å². The van der Waals surface area contributed by atoms with Gasteiger partial charge in [0.25, 0.3) is 11.8 Å². The van der Waals surface area contributed by atoms with E-state index in [0.717, 1.165) is 32.7 Å². The fourth-order valence-corrected chi connectivity index (χ4v) is 3.35. The van der Waals surface area contributed by atoms with Crippen molar-refractivity contribution in [2.45, 2.75) is 20.4 Å². The molecule has 0 bridgehead atoms. The van der Waals surface area contributed by atoms with Gasteiger partial charge in [-0.3, -0.25) is 14.3 Å². The number of carbonyl (C=O) groups is 2. The molecule has 2 N–H and O–H groups in total. The summed E-state index contributed by atoms with van der Waals surface area (Å²) < 4.78 is 8.36. The van der Waals surface area contributed by atoms with E-state index in [2.05, 4.69) is 36.9 Å². The van der Waals surface area contributed by atoms with Gasteiger partial charge < -0.3 is 10.1 Å². The summed E-state index contributed by atoms with van der Waals surface area (Å²) in [4.78, 5) is 24.0. The Hall–Kier alpha value is -3.46. The summed E-state index contributed by atoms with van der Waals surface area (Å²) >= 11 is 3.54. The molecule has 0 unspecified atom stereocenters. The molecular formula is C23H24BrN5O3. The smallest absolute Gasteiger partial charge is 0.259 e. The molecule has 8 nitrogen and oxygen atoms in total. The van der Waals surface area contributed by atoms with Crippen molar-refractivity contribution in [2.75, 3.05) is 13.7 Å². The summed E-state index contributed by atoms with van der Waals surface area (Å²) in [5, 5.41) is 11.1. The van der Waals surface area contributed by atoms with Crippen molar-refractivity contribution in [1.82, 2.24) is 20.5 Å². The van der Waals surface area contributed by atoms with E-state index in [-0.39, 0.29) is 12.5 Å². The van der Waals surface area contributed by atoms with Crippen molar-refractivity contribution in [3.05, 3.63) is 81.1 Å². The molecule has 0 aliphatic heterocycles. The average molecular weight is 498 g/mol. The first-order chi connectivity index (χ1) is 15.4. The number of ether oxygens (including phenoxy) is 1. The number of nitrogens with zero attached hydrogens (tertiary/aromatic N) is 3. The van der Waals surface area contributed by atoms with Gasteiger partial charge in [0.15, 0.2) is 0 Å². The third-order valence-electron chi connectivity index (χ3n) is 4.77. The molecule has 0 atom stereocenters. The first-order valence-corrected chi connectivity index (χ1v) is 10.7. The number of hydrogen-bond acceptors (Lipinski definition) is 5. The van der Waals surface area contributed by atoms with E-state index < -0.39 is 5.91 Å². The van der Waals surface area contributed by atoms with Crippen LogP contribution in [0.2, 0.25) is 0 Å². The maximum atomic E-state index is 12.0. The van der Waals surface area contributed by atoms with E-state index in [4.69, 9.17) is 4.74 Å². The zero-order valence-corrected chi connectivity index (χ0v) is 19.6. The summed E-state index contributed by atoms with van der Waals surface area (Å²) in [6.45, 7) is 4.29. The Labute approximate surface area is 194 Å². The highest BCUT2D eigenvalue weighted by Gasteiger charge is 2.12. The quantitative estimate of drug-likeness (QED) is 0.368. The van der Waals surface area contributed by atoms with Crippen LogP contribution in [0.25, 0.3) is 0 Å². The number of rotatable bonds is 8. The molecule has 2 amide bonds. The predicted octanol–water partition coefficient (Wildman–Crippen LogP) is 3.20. The molecule has 0 fully saturated rings. The molecule has 9 heteroatoms. The predicted molar refractivity (Wildman–Crippen MR) is 126 cm³/mol. The maximum Gasteiger partial charge on any atom is 0.259 e. The molecule has 0 saturated carbocycles. The highest BCUT2D eigenvalue weighted by atomic mass is 79.9. The fourth-order valence-electron chi connectivity index (χ4n) is 3.06. The van der Waals surface area contributed by atoms with Crippen molar-refractivity contribution in [1.29, 1.82) is 0 Å². The SMILES string of the molecule is COc1ccc(/C=N\NC(=O)CNC(=O)c2ccccc2)cc1Cn1nc(C)c(Br)c1C. The van der Waals surface area contributed by atoms with Crippen LogP contribution in [0.1, 0.15) is 32.9 Å². The van der Waals surface area contributed by atoms with Gasteiger partial charge in [0.2, 0.25) is 0 Å². The number of hydrazone groups is 1. The molecule has 166 valence electrons. The molecule has 1 heterocycles. The second kappa shape index (κ2) is 10.7. The van der Waals surface area contributed by atoms with Gasteiger partial charge in [-0.1, -0.05) is 18.2 Å². The largest absolute Gasteiger partial charge is 0.496 e. The van der Waals surface area contributed by atoms with Crippen LogP contribution < -0.4 is 15.5 Å². The monoisotopic (exact) mass is 497 g/mol. The van der Waals surface area contributed by atoms with Gasteiger partial charge in [0, 0.05) is 11.1 Å². The lowest BCUT2D eigenvalue weighted by molar-refractivity contribution is -0.120. The number of nitrogens with one attached hydrogen (secondary N) is 2. The summed E-state index contributed by atoms with van der Waals surface area (Å²) in [6.07, 6.45) is 1.54. The molecule has 0 spiro atoms. The Morgan fingerprint density at radius 3 is 2.59 bits per heavy atom. The first-order valence-electron chi connectivity index (χ1n) is 9.90. The summed E-state index contributed by atoms with van der Waals surface area (Å²) in [5.74, 6) is -0.00874. The molecule has 0 saturated heterocycles. The summed E-state index contributed by atoms with van der Waals surface area (Å²) in [7, 11) is 1.62. The van der Waals surface area contributed by atoms with E-state index in [1.807, 2.05) is 42.8 Å². The third kappa shape index (κ3) is 5.82. The Kier molecular flexibility index (Phi) is 7.77. The fraction of sp³-hybridized carbons (Fsp3) is 0.217. The molecular weight excluding hydrogens is 474 g/mol. The molecule has 0 aliphatic rings. The zero-order valence-electron chi connectivity index (χ0n) is 18.1. The minimum atomic E-state index is -0.424. The number of amides is 2. The number of halogens is 1. The lowest BCUT2D eigenvalue weighted by Crippen LogP contribution is -2.34. The lowest BCUT2D eigenvalue weighted by atomic mass is 10.1. The van der Waals surface area contributed by atoms with Gasteiger partial charge in [-0.05, 0) is 65.7 Å². The molecule has 0 radical (unpaired) electrons. The Bertz CT molecular complexity index is 1140. The van der Waals surface area contributed by atoms with Gasteiger partial charge in [-0.2, -0.15) is 10.2 Å². The number of benzene rings is 2. The molecule has 0 aliphatic carbocycles. The maximum absolute atomic E-state index is 12.0. The number of aromatic nitrogens is 2. The van der Waals surface area contributed by atoms with Gasteiger partial charge in [0.05, 0.1) is 42.3 Å². The van der Waals surface area contributed by atoms with Crippen LogP contribution >= 0.6 is 15.9 Å². The van der Waals surface area contributed by atoms with Crippen molar-refractivity contribution < 1.29 is 14.3 Å². The second-order valence-electron chi connectivity index (χ2n) is 7.06. The number of methoxy groups -OCH3 is 1. The molecule has 2 aromatic carbocycles. The standard InChI is InChI=1S/C23H24BrN5O3/c1-15-22(24)16(2)29(28-15)14-19-11-17(9-10-20(19)32-3)12-26-27-21(30)13-25-23(31)18-7-5-4-6-8-18/h4-12H,13-14H2,1-3H3,(H,25,31)(H,27,30)/b26-12-. The molecule has 1 aromatic heterocycles. The summed E-state index contributed by atoms with van der Waals surface area (Å²) in [6, 6.07) is 14.3. The Morgan fingerprint density at radius 2 is 1.94 bits per heavy atom. The Balaban J connectivity index is 1.60. The van der Waals surface area contributed by atoms with Crippen LogP contribution in [0, 0.1) is 13.8 Å². The van der Waals surface area contributed by atoms with E-state index >= 15 is 0 Å². The van der Waals surface area contributed by atoms with Crippen LogP contribution in [-0.4, -0.2) is 41.5 Å². The minimum absolute atomic E-state index is 0.175. The minimum Gasteiger partial charge on any atom is -0.496 e. The van der Waals surface area contributed by atoms with Gasteiger partial charge in [-0.25, -0.2) is 5.43 Å². The topological polar surface area (TPSA) is 97.6 Å². The van der Waals surface area contributed by atoms with Gasteiger partial charge in [0.1, 0.15) is 5.75 Å². The number of hydrogen-bond donors (Lipinski definition) is 2. The second-order valence-corrected chi connectivity index (χ2v) is 7.85. The van der Waals surface area contributed by atoms with Crippen LogP contribution in [0.3, 0.4) is 0 Å². The third-order valence-corrected chi connectivity index (χ3v) is 5.91. The van der Waals surface area contributed by atoms with Crippen LogP contribution in [0.5, 0.6) is 5.75 Å². The summed E-state index contributed by atoms with van der Waals surface area (Å²) in [5.41, 5.74) is 6.56. The van der Waals surface area contributed by atoms with Crippen molar-refractivity contribution in [2.24, 2.45) is 5.10 Å². The van der Waals surface area contributed by atoms with E-state index in [0.29, 0.717) is 12.1 Å². The zero-order chi connectivity index (χ0) is 23.1. The van der Waals surface area contributed by atoms with Gasteiger partial charge in [-0.15, -0.1) is 0 Å². The first kappa shape index (κ1) is 23.2. The molecule has 32 heavy (non-hydrogen) atoms. The van der Waals surface area contributed by atoms with E-state index in [1.54, 1.807) is 31.4 Å². The molecule has 3 rings (SSSR count). The Morgan fingerprint density at radius 1 is 1.19 bits per heavy atom. The average Bonchev–Trinajstić information content (AvgIpc) is 3.04. The van der Waals surface area contributed by atoms with E-state index in [9.17, 15) is 9.59 Å². The van der Waals surface area contributed by atoms with Crippen LogP contribution in [0.4, 0.5) is 0 Å². The van der Waals surface area contributed by atoms with Crippen LogP contribution in [0.15, 0.2) is 58.1 Å². The van der Waals surface area contributed by atoms with E-state index in [1.165, 1.54) is 6.21 Å². The van der Waals surface area contributed by atoms with Crippen LogP contribution in [-0.2, 0) is 11.3 Å².